The second-order valence-corrected chi connectivity index (χ2v) is 9.40. The Labute approximate surface area is 199 Å². The van der Waals surface area contributed by atoms with Gasteiger partial charge in [0.05, 0.1) is 33.9 Å². The van der Waals surface area contributed by atoms with Gasteiger partial charge in [-0.2, -0.15) is 4.98 Å². The molecule has 1 aliphatic heterocycles. The zero-order chi connectivity index (χ0) is 23.4. The van der Waals surface area contributed by atoms with Crippen molar-refractivity contribution < 1.29 is 9.26 Å². The molecule has 1 unspecified atom stereocenters. The highest BCUT2D eigenvalue weighted by molar-refractivity contribution is 6.35. The number of halogens is 1. The number of fused-ring (bicyclic) bond motifs is 3. The van der Waals surface area contributed by atoms with Gasteiger partial charge in [0, 0.05) is 6.20 Å². The molecule has 1 fully saturated rings. The van der Waals surface area contributed by atoms with Gasteiger partial charge in [-0.3, -0.25) is 18.7 Å². The lowest BCUT2D eigenvalue weighted by molar-refractivity contribution is -0.0292. The molecule has 9 nitrogen and oxygen atoms in total. The molecule has 34 heavy (non-hydrogen) atoms. The molecular formula is C24H21ClN6O3. The van der Waals surface area contributed by atoms with Crippen molar-refractivity contribution in [1.29, 1.82) is 0 Å². The SMILES string of the molecule is CC1(C)CCC(c2nc(-c3ncn4c3c(=O)n(Cc3ccccn3)c3c(Cl)cccc34)no2)O1. The number of rotatable bonds is 4. The minimum Gasteiger partial charge on any atom is -0.363 e. The van der Waals surface area contributed by atoms with Crippen molar-refractivity contribution in [2.45, 2.75) is 44.9 Å². The Hall–Kier alpha value is -3.56. The van der Waals surface area contributed by atoms with Crippen LogP contribution >= 0.6 is 11.6 Å². The van der Waals surface area contributed by atoms with Gasteiger partial charge in [-0.1, -0.05) is 28.9 Å². The number of aromatic nitrogens is 6. The third-order valence-corrected chi connectivity index (χ3v) is 6.46. The summed E-state index contributed by atoms with van der Waals surface area (Å²) in [4.78, 5) is 27.2. The second-order valence-electron chi connectivity index (χ2n) is 8.99. The van der Waals surface area contributed by atoms with Gasteiger partial charge in [-0.05, 0) is 51.0 Å². The van der Waals surface area contributed by atoms with Crippen molar-refractivity contribution in [1.82, 2.24) is 29.1 Å². The summed E-state index contributed by atoms with van der Waals surface area (Å²) in [7, 11) is 0. The number of ether oxygens (including phenoxy) is 1. The summed E-state index contributed by atoms with van der Waals surface area (Å²) in [6, 6.07) is 11.1. The van der Waals surface area contributed by atoms with E-state index in [1.165, 1.54) is 0 Å². The largest absolute Gasteiger partial charge is 0.363 e. The fraction of sp³-hybridized carbons (Fsp3) is 0.292. The fourth-order valence-corrected chi connectivity index (χ4v) is 4.79. The van der Waals surface area contributed by atoms with Gasteiger partial charge in [-0.25, -0.2) is 4.98 Å². The summed E-state index contributed by atoms with van der Waals surface area (Å²) in [6.45, 7) is 4.32. The van der Waals surface area contributed by atoms with Gasteiger partial charge in [0.25, 0.3) is 11.4 Å². The van der Waals surface area contributed by atoms with Crippen LogP contribution in [0.2, 0.25) is 5.02 Å². The number of para-hydroxylation sites is 1. The summed E-state index contributed by atoms with van der Waals surface area (Å²) in [5.74, 6) is 0.632. The summed E-state index contributed by atoms with van der Waals surface area (Å²) < 4.78 is 14.9. The molecule has 10 heteroatoms. The maximum absolute atomic E-state index is 13.8. The van der Waals surface area contributed by atoms with Gasteiger partial charge in [-0.15, -0.1) is 0 Å². The Morgan fingerprint density at radius 1 is 1.15 bits per heavy atom. The Balaban J connectivity index is 1.53. The maximum atomic E-state index is 13.8. The molecule has 0 spiro atoms. The average molecular weight is 477 g/mol. The van der Waals surface area contributed by atoms with E-state index >= 15 is 0 Å². The Morgan fingerprint density at radius 2 is 2.03 bits per heavy atom. The number of hydrogen-bond acceptors (Lipinski definition) is 7. The first-order valence-corrected chi connectivity index (χ1v) is 11.4. The molecule has 5 aromatic rings. The van der Waals surface area contributed by atoms with Crippen LogP contribution in [0.3, 0.4) is 0 Å². The second kappa shape index (κ2) is 7.75. The molecule has 1 atom stereocenters. The predicted octanol–water partition coefficient (Wildman–Crippen LogP) is 4.43. The van der Waals surface area contributed by atoms with Gasteiger partial charge in [0.15, 0.2) is 0 Å². The zero-order valence-corrected chi connectivity index (χ0v) is 19.4. The van der Waals surface area contributed by atoms with E-state index in [0.717, 1.165) is 24.1 Å². The number of nitrogens with zero attached hydrogens (tertiary/aromatic N) is 6. The van der Waals surface area contributed by atoms with Crippen LogP contribution in [0.15, 0.2) is 58.2 Å². The summed E-state index contributed by atoms with van der Waals surface area (Å²) in [5, 5.41) is 4.59. The quantitative estimate of drug-likeness (QED) is 0.378. The lowest BCUT2D eigenvalue weighted by Gasteiger charge is -2.17. The van der Waals surface area contributed by atoms with E-state index in [0.29, 0.717) is 27.6 Å². The van der Waals surface area contributed by atoms with Gasteiger partial charge >= 0.3 is 0 Å². The van der Waals surface area contributed by atoms with Crippen molar-refractivity contribution in [3.8, 4) is 11.5 Å². The van der Waals surface area contributed by atoms with Crippen molar-refractivity contribution >= 4 is 28.2 Å². The molecule has 0 saturated carbocycles. The van der Waals surface area contributed by atoms with Crippen LogP contribution in [0.1, 0.15) is 44.4 Å². The van der Waals surface area contributed by atoms with Crippen molar-refractivity contribution in [2.75, 3.05) is 0 Å². The van der Waals surface area contributed by atoms with Crippen LogP contribution in [-0.2, 0) is 11.3 Å². The highest BCUT2D eigenvalue weighted by Crippen LogP contribution is 2.38. The highest BCUT2D eigenvalue weighted by atomic mass is 35.5. The van der Waals surface area contributed by atoms with E-state index in [2.05, 4.69) is 20.1 Å². The van der Waals surface area contributed by atoms with Crippen LogP contribution in [0.5, 0.6) is 0 Å². The predicted molar refractivity (Wildman–Crippen MR) is 126 cm³/mol. The molecule has 5 heterocycles. The zero-order valence-electron chi connectivity index (χ0n) is 18.6. The minimum atomic E-state index is -0.275. The first-order valence-electron chi connectivity index (χ1n) is 11.0. The van der Waals surface area contributed by atoms with Crippen molar-refractivity contribution in [2.24, 2.45) is 0 Å². The molecule has 6 rings (SSSR count). The molecule has 0 bridgehead atoms. The highest BCUT2D eigenvalue weighted by Gasteiger charge is 2.36. The molecule has 0 radical (unpaired) electrons. The molecule has 1 aliphatic rings. The number of pyridine rings is 1. The van der Waals surface area contributed by atoms with Crippen LogP contribution in [0, 0.1) is 0 Å². The number of benzene rings is 1. The third-order valence-electron chi connectivity index (χ3n) is 6.16. The molecule has 4 aromatic heterocycles. The molecule has 172 valence electrons. The fourth-order valence-electron chi connectivity index (χ4n) is 4.52. The van der Waals surface area contributed by atoms with Crippen LogP contribution in [-0.4, -0.2) is 34.7 Å². The van der Waals surface area contributed by atoms with Crippen LogP contribution in [0.4, 0.5) is 0 Å². The Kier molecular flexibility index (Phi) is 4.79. The van der Waals surface area contributed by atoms with Gasteiger partial charge in [0.2, 0.25) is 5.82 Å². The Morgan fingerprint density at radius 3 is 2.79 bits per heavy atom. The third kappa shape index (κ3) is 3.39. The molecule has 0 amide bonds. The summed E-state index contributed by atoms with van der Waals surface area (Å²) >= 11 is 6.56. The van der Waals surface area contributed by atoms with E-state index in [9.17, 15) is 4.79 Å². The lowest BCUT2D eigenvalue weighted by Crippen LogP contribution is -2.24. The standard InChI is InChI=1S/C24H21ClN6O3/c1-24(2)10-9-17(33-24)22-28-21(29-34-22)18-20-23(32)30(12-14-6-3-4-11-26-14)19-15(25)7-5-8-16(19)31(20)13-27-18/h3-8,11,13,17H,9-10,12H2,1-2H3. The molecule has 0 N–H and O–H groups in total. The minimum absolute atomic E-state index is 0.238. The topological polar surface area (TPSA) is 100 Å². The first-order chi connectivity index (χ1) is 16.4. The molecule has 1 aromatic carbocycles. The maximum Gasteiger partial charge on any atom is 0.278 e. The summed E-state index contributed by atoms with van der Waals surface area (Å²) in [5.41, 5.74) is 2.24. The summed E-state index contributed by atoms with van der Waals surface area (Å²) in [6.07, 6.45) is 4.69. The number of hydrogen-bond donors (Lipinski definition) is 0. The molecule has 1 saturated heterocycles. The van der Waals surface area contributed by atoms with E-state index in [4.69, 9.17) is 20.9 Å². The van der Waals surface area contributed by atoms with E-state index in [1.54, 1.807) is 27.6 Å². The van der Waals surface area contributed by atoms with Crippen LogP contribution < -0.4 is 5.56 Å². The number of imidazole rings is 1. The smallest absolute Gasteiger partial charge is 0.278 e. The first kappa shape index (κ1) is 21.0. The Bertz CT molecular complexity index is 1590. The lowest BCUT2D eigenvalue weighted by atomic mass is 10.1. The normalized spacial score (nSPS) is 17.7. The average Bonchev–Trinajstić information content (AvgIpc) is 3.55. The van der Waals surface area contributed by atoms with E-state index < -0.39 is 0 Å². The monoisotopic (exact) mass is 476 g/mol. The van der Waals surface area contributed by atoms with Crippen LogP contribution in [0.25, 0.3) is 28.1 Å². The molecular weight excluding hydrogens is 456 g/mol. The van der Waals surface area contributed by atoms with E-state index in [1.807, 2.05) is 44.2 Å². The van der Waals surface area contributed by atoms with Crippen molar-refractivity contribution in [3.05, 3.63) is 75.9 Å². The van der Waals surface area contributed by atoms with E-state index in [-0.39, 0.29) is 29.6 Å². The van der Waals surface area contributed by atoms with Gasteiger partial charge < -0.3 is 9.26 Å². The van der Waals surface area contributed by atoms with Gasteiger partial charge in [0.1, 0.15) is 23.6 Å². The van der Waals surface area contributed by atoms with Crippen molar-refractivity contribution in [3.63, 3.8) is 0 Å². The molecule has 0 aliphatic carbocycles.